The zero-order valence-electron chi connectivity index (χ0n) is 9.82. The summed E-state index contributed by atoms with van der Waals surface area (Å²) in [6.45, 7) is 1.61. The van der Waals surface area contributed by atoms with Crippen LogP contribution in [0.5, 0.6) is 5.75 Å². The van der Waals surface area contributed by atoms with E-state index in [1.807, 2.05) is 16.3 Å². The van der Waals surface area contributed by atoms with E-state index in [1.165, 1.54) is 11.3 Å². The van der Waals surface area contributed by atoms with E-state index >= 15 is 0 Å². The number of alkyl halides is 1. The van der Waals surface area contributed by atoms with Gasteiger partial charge in [-0.3, -0.25) is 4.79 Å². The van der Waals surface area contributed by atoms with Gasteiger partial charge in [0, 0.05) is 19.0 Å². The van der Waals surface area contributed by atoms with Crippen LogP contribution in [-0.2, 0) is 0 Å². The van der Waals surface area contributed by atoms with Crippen LogP contribution in [0, 0.1) is 5.92 Å². The lowest BCUT2D eigenvalue weighted by Crippen LogP contribution is -2.38. The zero-order valence-corrected chi connectivity index (χ0v) is 11.4. The van der Waals surface area contributed by atoms with Crippen molar-refractivity contribution in [2.75, 3.05) is 26.1 Å². The van der Waals surface area contributed by atoms with Crippen LogP contribution >= 0.6 is 22.9 Å². The second-order valence-corrected chi connectivity index (χ2v) is 5.43. The Kier molecular flexibility index (Phi) is 4.29. The number of ether oxygens (including phenoxy) is 1. The molecule has 17 heavy (non-hydrogen) atoms. The molecule has 1 saturated heterocycles. The highest BCUT2D eigenvalue weighted by Crippen LogP contribution is 2.28. The smallest absolute Gasteiger partial charge is 0.267 e. The van der Waals surface area contributed by atoms with Gasteiger partial charge in [-0.25, -0.2) is 0 Å². The molecule has 2 heterocycles. The summed E-state index contributed by atoms with van der Waals surface area (Å²) < 4.78 is 5.18. The van der Waals surface area contributed by atoms with Crippen LogP contribution in [0.25, 0.3) is 0 Å². The molecular formula is C12H16ClNO2S. The SMILES string of the molecule is COc1ccsc1C(=O)N1CCC(CCl)CC1. The van der Waals surface area contributed by atoms with Gasteiger partial charge in [0.25, 0.3) is 5.91 Å². The number of nitrogens with zero attached hydrogens (tertiary/aromatic N) is 1. The summed E-state index contributed by atoms with van der Waals surface area (Å²) in [5, 5.41) is 1.89. The predicted molar refractivity (Wildman–Crippen MR) is 70.2 cm³/mol. The van der Waals surface area contributed by atoms with E-state index in [0.717, 1.165) is 25.9 Å². The minimum absolute atomic E-state index is 0.0878. The van der Waals surface area contributed by atoms with Crippen molar-refractivity contribution in [2.45, 2.75) is 12.8 Å². The molecule has 0 atom stereocenters. The van der Waals surface area contributed by atoms with E-state index < -0.39 is 0 Å². The summed E-state index contributed by atoms with van der Waals surface area (Å²) >= 11 is 7.27. The fourth-order valence-corrected chi connectivity index (χ4v) is 3.18. The number of methoxy groups -OCH3 is 1. The summed E-state index contributed by atoms with van der Waals surface area (Å²) in [5.41, 5.74) is 0. The minimum Gasteiger partial charge on any atom is -0.495 e. The van der Waals surface area contributed by atoms with Crippen LogP contribution in [0.1, 0.15) is 22.5 Å². The number of likely N-dealkylation sites (tertiary alicyclic amines) is 1. The van der Waals surface area contributed by atoms with Gasteiger partial charge in [-0.2, -0.15) is 0 Å². The van der Waals surface area contributed by atoms with Gasteiger partial charge in [0.2, 0.25) is 0 Å². The highest BCUT2D eigenvalue weighted by molar-refractivity contribution is 7.12. The predicted octanol–water partition coefficient (Wildman–Crippen LogP) is 2.85. The number of amides is 1. The Hall–Kier alpha value is -0.740. The van der Waals surface area contributed by atoms with Gasteiger partial charge in [-0.05, 0) is 30.2 Å². The summed E-state index contributed by atoms with van der Waals surface area (Å²) in [5.74, 6) is 2.03. The molecule has 0 aliphatic carbocycles. The maximum atomic E-state index is 12.3. The number of halogens is 1. The second-order valence-electron chi connectivity index (χ2n) is 4.21. The average Bonchev–Trinajstić information content (AvgIpc) is 2.86. The Labute approximate surface area is 110 Å². The van der Waals surface area contributed by atoms with Crippen LogP contribution < -0.4 is 4.74 Å². The normalized spacial score (nSPS) is 17.2. The Morgan fingerprint density at radius 1 is 1.59 bits per heavy atom. The fraction of sp³-hybridized carbons (Fsp3) is 0.583. The van der Waals surface area contributed by atoms with Crippen molar-refractivity contribution < 1.29 is 9.53 Å². The van der Waals surface area contributed by atoms with E-state index in [0.29, 0.717) is 22.4 Å². The topological polar surface area (TPSA) is 29.5 Å². The number of carbonyl (C=O) groups excluding carboxylic acids is 1. The molecule has 1 fully saturated rings. The zero-order chi connectivity index (χ0) is 12.3. The Morgan fingerprint density at radius 3 is 2.88 bits per heavy atom. The van der Waals surface area contributed by atoms with E-state index in [4.69, 9.17) is 16.3 Å². The first kappa shape index (κ1) is 12.7. The molecule has 3 nitrogen and oxygen atoms in total. The van der Waals surface area contributed by atoms with Gasteiger partial charge in [-0.15, -0.1) is 22.9 Å². The van der Waals surface area contributed by atoms with Crippen molar-refractivity contribution >= 4 is 28.8 Å². The molecule has 94 valence electrons. The minimum atomic E-state index is 0.0878. The molecule has 1 aromatic heterocycles. The van der Waals surface area contributed by atoms with E-state index in [2.05, 4.69) is 0 Å². The van der Waals surface area contributed by atoms with Crippen LogP contribution in [-0.4, -0.2) is 36.9 Å². The fourth-order valence-electron chi connectivity index (χ4n) is 2.05. The monoisotopic (exact) mass is 273 g/mol. The average molecular weight is 274 g/mol. The van der Waals surface area contributed by atoms with Crippen LogP contribution in [0.3, 0.4) is 0 Å². The lowest BCUT2D eigenvalue weighted by atomic mass is 9.99. The quantitative estimate of drug-likeness (QED) is 0.793. The molecule has 1 aromatic rings. The van der Waals surface area contributed by atoms with E-state index in [9.17, 15) is 4.79 Å². The summed E-state index contributed by atoms with van der Waals surface area (Å²) in [4.78, 5) is 14.9. The van der Waals surface area contributed by atoms with Crippen molar-refractivity contribution in [1.29, 1.82) is 0 Å². The first-order valence-corrected chi connectivity index (χ1v) is 7.14. The molecular weight excluding hydrogens is 258 g/mol. The third kappa shape index (κ3) is 2.75. The van der Waals surface area contributed by atoms with Gasteiger partial charge in [0.15, 0.2) is 0 Å². The molecule has 0 spiro atoms. The van der Waals surface area contributed by atoms with Crippen molar-refractivity contribution in [3.8, 4) is 5.75 Å². The van der Waals surface area contributed by atoms with E-state index in [-0.39, 0.29) is 5.91 Å². The number of piperidine rings is 1. The Bertz CT molecular complexity index is 386. The molecule has 1 aliphatic heterocycles. The van der Waals surface area contributed by atoms with Crippen LogP contribution in [0.4, 0.5) is 0 Å². The molecule has 1 amide bonds. The third-order valence-electron chi connectivity index (χ3n) is 3.16. The maximum Gasteiger partial charge on any atom is 0.267 e. The summed E-state index contributed by atoms with van der Waals surface area (Å²) in [7, 11) is 1.60. The van der Waals surface area contributed by atoms with Gasteiger partial charge in [0.05, 0.1) is 7.11 Å². The van der Waals surface area contributed by atoms with Gasteiger partial charge in [0.1, 0.15) is 10.6 Å². The van der Waals surface area contributed by atoms with Crippen LogP contribution in [0.15, 0.2) is 11.4 Å². The third-order valence-corrected chi connectivity index (χ3v) is 4.48. The van der Waals surface area contributed by atoms with E-state index in [1.54, 1.807) is 7.11 Å². The number of thiophene rings is 1. The van der Waals surface area contributed by atoms with Gasteiger partial charge >= 0.3 is 0 Å². The number of hydrogen-bond donors (Lipinski definition) is 0. The maximum absolute atomic E-state index is 12.3. The van der Waals surface area contributed by atoms with Crippen LogP contribution in [0.2, 0.25) is 0 Å². The molecule has 0 N–H and O–H groups in total. The first-order chi connectivity index (χ1) is 8.26. The number of rotatable bonds is 3. The summed E-state index contributed by atoms with van der Waals surface area (Å²) in [6, 6.07) is 1.84. The highest BCUT2D eigenvalue weighted by atomic mass is 35.5. The first-order valence-electron chi connectivity index (χ1n) is 5.73. The molecule has 0 aromatic carbocycles. The molecule has 1 aliphatic rings. The van der Waals surface area contributed by atoms with Crippen molar-refractivity contribution in [1.82, 2.24) is 4.90 Å². The lowest BCUT2D eigenvalue weighted by Gasteiger charge is -2.30. The highest BCUT2D eigenvalue weighted by Gasteiger charge is 2.25. The molecule has 0 bridgehead atoms. The van der Waals surface area contributed by atoms with Crippen molar-refractivity contribution in [2.24, 2.45) is 5.92 Å². The number of carbonyl (C=O) groups is 1. The Morgan fingerprint density at radius 2 is 2.29 bits per heavy atom. The van der Waals surface area contributed by atoms with Crippen molar-refractivity contribution in [3.63, 3.8) is 0 Å². The lowest BCUT2D eigenvalue weighted by molar-refractivity contribution is 0.0700. The standard InChI is InChI=1S/C12H16ClNO2S/c1-16-10-4-7-17-11(10)12(15)14-5-2-9(8-13)3-6-14/h4,7,9H,2-3,5-6,8H2,1H3. The Balaban J connectivity index is 2.02. The molecule has 0 unspecified atom stereocenters. The van der Waals surface area contributed by atoms with Gasteiger partial charge in [-0.1, -0.05) is 0 Å². The van der Waals surface area contributed by atoms with Crippen molar-refractivity contribution in [3.05, 3.63) is 16.3 Å². The number of hydrogen-bond acceptors (Lipinski definition) is 3. The van der Waals surface area contributed by atoms with Gasteiger partial charge < -0.3 is 9.64 Å². The summed E-state index contributed by atoms with van der Waals surface area (Å²) in [6.07, 6.45) is 2.01. The molecule has 2 rings (SSSR count). The largest absolute Gasteiger partial charge is 0.495 e. The second kappa shape index (κ2) is 5.74. The molecule has 0 saturated carbocycles. The molecule has 5 heteroatoms. The molecule has 0 radical (unpaired) electrons.